The summed E-state index contributed by atoms with van der Waals surface area (Å²) >= 11 is 1.17. The molecule has 7 nitrogen and oxygen atoms in total. The van der Waals surface area contributed by atoms with Crippen molar-refractivity contribution in [3.8, 4) is 11.8 Å². The van der Waals surface area contributed by atoms with Gasteiger partial charge in [-0.3, -0.25) is 4.94 Å². The zero-order valence-electron chi connectivity index (χ0n) is 12.5. The first-order valence-corrected chi connectivity index (χ1v) is 7.48. The smallest absolute Gasteiger partial charge is 0.182 e. The SMILES string of the molecule is CCCN(C)NO/N=C/S/C(=C\N)Oc1ccc(C#N)cc1. The molecule has 0 saturated carbocycles. The van der Waals surface area contributed by atoms with E-state index in [9.17, 15) is 0 Å². The maximum atomic E-state index is 8.73. The topological polar surface area (TPSA) is 95.9 Å². The van der Waals surface area contributed by atoms with E-state index in [4.69, 9.17) is 20.7 Å². The standard InChI is InChI=1S/C14H19N5O2S/c1-3-8-19(2)18-21-17-11-22-14(10-16)20-13-6-4-12(9-15)5-7-13/h4-7,10-11,18H,3,8,16H2,1-2H3/b14-10-,17-11+. The summed E-state index contributed by atoms with van der Waals surface area (Å²) in [6.45, 7) is 2.91. The van der Waals surface area contributed by atoms with E-state index in [1.54, 1.807) is 29.3 Å². The molecule has 1 rings (SSSR count). The zero-order chi connectivity index (χ0) is 16.2. The molecule has 0 spiro atoms. The molecule has 0 bridgehead atoms. The number of rotatable bonds is 9. The van der Waals surface area contributed by atoms with Gasteiger partial charge in [0.25, 0.3) is 0 Å². The molecule has 0 aliphatic heterocycles. The highest BCUT2D eigenvalue weighted by Gasteiger charge is 2.01. The van der Waals surface area contributed by atoms with Crippen LogP contribution in [-0.4, -0.2) is 24.1 Å². The highest BCUT2D eigenvalue weighted by atomic mass is 32.2. The van der Waals surface area contributed by atoms with Crippen molar-refractivity contribution in [2.75, 3.05) is 13.6 Å². The number of oxime groups is 1. The summed E-state index contributed by atoms with van der Waals surface area (Å²) in [7, 11) is 1.85. The lowest BCUT2D eigenvalue weighted by atomic mass is 10.2. The maximum Gasteiger partial charge on any atom is 0.182 e. The zero-order valence-corrected chi connectivity index (χ0v) is 13.3. The fraction of sp³-hybridized carbons (Fsp3) is 0.286. The van der Waals surface area contributed by atoms with E-state index in [1.807, 2.05) is 13.1 Å². The number of thioether (sulfide) groups is 1. The molecule has 0 heterocycles. The van der Waals surface area contributed by atoms with Gasteiger partial charge in [0.2, 0.25) is 0 Å². The van der Waals surface area contributed by atoms with Gasteiger partial charge in [0.1, 0.15) is 11.3 Å². The minimum atomic E-state index is 0.443. The summed E-state index contributed by atoms with van der Waals surface area (Å²) in [5, 5.41) is 14.7. The Bertz CT molecular complexity index is 539. The molecule has 0 atom stereocenters. The van der Waals surface area contributed by atoms with Gasteiger partial charge in [0.05, 0.1) is 11.6 Å². The van der Waals surface area contributed by atoms with Gasteiger partial charge in [-0.05, 0) is 42.4 Å². The summed E-state index contributed by atoms with van der Waals surface area (Å²) in [6.07, 6.45) is 2.33. The molecular formula is C14H19N5O2S. The highest BCUT2D eigenvalue weighted by molar-refractivity contribution is 8.15. The predicted octanol–water partition coefficient (Wildman–Crippen LogP) is 2.15. The van der Waals surface area contributed by atoms with Crippen molar-refractivity contribution in [3.05, 3.63) is 41.1 Å². The van der Waals surface area contributed by atoms with Gasteiger partial charge in [0, 0.05) is 19.8 Å². The number of ether oxygens (including phenoxy) is 1. The van der Waals surface area contributed by atoms with Crippen molar-refractivity contribution in [1.29, 1.82) is 5.26 Å². The van der Waals surface area contributed by atoms with Crippen LogP contribution in [0.5, 0.6) is 5.75 Å². The molecule has 0 fully saturated rings. The van der Waals surface area contributed by atoms with Gasteiger partial charge in [0.15, 0.2) is 5.09 Å². The molecule has 0 aliphatic rings. The van der Waals surface area contributed by atoms with E-state index < -0.39 is 0 Å². The van der Waals surface area contributed by atoms with Crippen molar-refractivity contribution in [1.82, 2.24) is 10.6 Å². The summed E-state index contributed by atoms with van der Waals surface area (Å²) in [4.78, 5) is 4.89. The van der Waals surface area contributed by atoms with Crippen LogP contribution >= 0.6 is 11.8 Å². The summed E-state index contributed by atoms with van der Waals surface area (Å²) in [6, 6.07) is 8.75. The number of hydrogen-bond acceptors (Lipinski definition) is 8. The fourth-order valence-corrected chi connectivity index (χ4v) is 1.79. The van der Waals surface area contributed by atoms with Crippen molar-refractivity contribution in [3.63, 3.8) is 0 Å². The molecule has 0 amide bonds. The summed E-state index contributed by atoms with van der Waals surface area (Å²) in [5.41, 5.74) is 10.1. The van der Waals surface area contributed by atoms with Crippen molar-refractivity contribution >= 4 is 17.3 Å². The Morgan fingerprint density at radius 2 is 2.23 bits per heavy atom. The van der Waals surface area contributed by atoms with Crippen LogP contribution < -0.4 is 16.1 Å². The molecule has 1 aromatic rings. The molecular weight excluding hydrogens is 302 g/mol. The summed E-state index contributed by atoms with van der Waals surface area (Å²) in [5.74, 6) is 0.582. The van der Waals surface area contributed by atoms with Gasteiger partial charge in [-0.1, -0.05) is 17.7 Å². The van der Waals surface area contributed by atoms with Crippen LogP contribution in [0, 0.1) is 11.3 Å². The minimum absolute atomic E-state index is 0.443. The largest absolute Gasteiger partial charge is 0.449 e. The molecule has 0 aromatic heterocycles. The van der Waals surface area contributed by atoms with Gasteiger partial charge >= 0.3 is 0 Å². The Hall–Kier alpha value is -2.21. The molecule has 1 aromatic carbocycles. The number of nitrogens with one attached hydrogen (secondary N) is 1. The first-order valence-electron chi connectivity index (χ1n) is 6.60. The quantitative estimate of drug-likeness (QED) is 0.311. The number of benzene rings is 1. The third kappa shape index (κ3) is 6.99. The molecule has 0 radical (unpaired) electrons. The Kier molecular flexibility index (Phi) is 8.52. The van der Waals surface area contributed by atoms with Gasteiger partial charge in [-0.25, -0.2) is 5.01 Å². The second-order valence-corrected chi connectivity index (χ2v) is 5.01. The Morgan fingerprint density at radius 3 is 2.82 bits per heavy atom. The number of hydrazine groups is 1. The average molecular weight is 321 g/mol. The second-order valence-electron chi connectivity index (χ2n) is 4.16. The normalized spacial score (nSPS) is 11.6. The van der Waals surface area contributed by atoms with Gasteiger partial charge in [-0.2, -0.15) is 5.26 Å². The Morgan fingerprint density at radius 1 is 1.50 bits per heavy atom. The van der Waals surface area contributed by atoms with E-state index in [2.05, 4.69) is 17.7 Å². The molecule has 0 unspecified atom stereocenters. The lowest BCUT2D eigenvalue weighted by molar-refractivity contribution is -0.0682. The Labute approximate surface area is 134 Å². The van der Waals surface area contributed by atoms with E-state index in [0.29, 0.717) is 16.4 Å². The minimum Gasteiger partial charge on any atom is -0.449 e. The first kappa shape index (κ1) is 17.8. The predicted molar refractivity (Wildman–Crippen MR) is 87.3 cm³/mol. The van der Waals surface area contributed by atoms with Crippen LogP contribution in [-0.2, 0) is 4.94 Å². The van der Waals surface area contributed by atoms with Crippen molar-refractivity contribution in [2.24, 2.45) is 10.9 Å². The number of nitriles is 1. The van der Waals surface area contributed by atoms with E-state index in [1.165, 1.54) is 23.5 Å². The second kappa shape index (κ2) is 10.5. The van der Waals surface area contributed by atoms with E-state index in [0.717, 1.165) is 13.0 Å². The molecule has 3 N–H and O–H groups in total. The monoisotopic (exact) mass is 321 g/mol. The molecule has 22 heavy (non-hydrogen) atoms. The third-order valence-electron chi connectivity index (χ3n) is 2.36. The van der Waals surface area contributed by atoms with Crippen LogP contribution in [0.25, 0.3) is 0 Å². The highest BCUT2D eigenvalue weighted by Crippen LogP contribution is 2.20. The lowest BCUT2D eigenvalue weighted by Crippen LogP contribution is -2.33. The third-order valence-corrected chi connectivity index (χ3v) is 3.00. The van der Waals surface area contributed by atoms with Crippen molar-refractivity contribution < 1.29 is 9.68 Å². The van der Waals surface area contributed by atoms with Crippen LogP contribution in [0.4, 0.5) is 0 Å². The number of nitrogens with two attached hydrogens (primary N) is 1. The van der Waals surface area contributed by atoms with Crippen LogP contribution in [0.1, 0.15) is 18.9 Å². The number of hydrogen-bond donors (Lipinski definition) is 2. The lowest BCUT2D eigenvalue weighted by Gasteiger charge is -2.13. The molecule has 0 saturated heterocycles. The fourth-order valence-electron chi connectivity index (χ4n) is 1.38. The molecule has 0 aliphatic carbocycles. The van der Waals surface area contributed by atoms with Crippen LogP contribution in [0.15, 0.2) is 40.7 Å². The first-order chi connectivity index (χ1) is 10.7. The van der Waals surface area contributed by atoms with E-state index >= 15 is 0 Å². The van der Waals surface area contributed by atoms with Crippen molar-refractivity contribution in [2.45, 2.75) is 13.3 Å². The molecule has 118 valence electrons. The average Bonchev–Trinajstić information content (AvgIpc) is 2.54. The van der Waals surface area contributed by atoms with Gasteiger partial charge in [-0.15, -0.1) is 0 Å². The van der Waals surface area contributed by atoms with Gasteiger partial charge < -0.3 is 10.5 Å². The number of nitrogens with zero attached hydrogens (tertiary/aromatic N) is 3. The Balaban J connectivity index is 2.37. The molecule has 8 heteroatoms. The van der Waals surface area contributed by atoms with Crippen LogP contribution in [0.3, 0.4) is 0 Å². The summed E-state index contributed by atoms with van der Waals surface area (Å²) < 4.78 is 5.54. The van der Waals surface area contributed by atoms with Crippen LogP contribution in [0.2, 0.25) is 0 Å². The maximum absolute atomic E-state index is 8.73. The van der Waals surface area contributed by atoms with E-state index in [-0.39, 0.29) is 0 Å².